The standard InChI is InChI=1S/C12H24/c1-7-9-10(8(2)3)11(9)12(4,5)6/h8-11H,7H2,1-6H3. The van der Waals surface area contributed by atoms with Crippen LogP contribution in [0.1, 0.15) is 48.0 Å². The summed E-state index contributed by atoms with van der Waals surface area (Å²) in [6.07, 6.45) is 1.38. The van der Waals surface area contributed by atoms with Crippen LogP contribution in [-0.4, -0.2) is 0 Å². The molecule has 0 bridgehead atoms. The monoisotopic (exact) mass is 168 g/mol. The first-order valence-corrected chi connectivity index (χ1v) is 5.39. The topological polar surface area (TPSA) is 0 Å². The summed E-state index contributed by atoms with van der Waals surface area (Å²) in [7, 11) is 0. The van der Waals surface area contributed by atoms with E-state index >= 15 is 0 Å². The van der Waals surface area contributed by atoms with Gasteiger partial charge in [-0.2, -0.15) is 0 Å². The predicted octanol–water partition coefficient (Wildman–Crippen LogP) is 3.96. The third kappa shape index (κ3) is 1.67. The lowest BCUT2D eigenvalue weighted by Crippen LogP contribution is -2.11. The number of hydrogen-bond acceptors (Lipinski definition) is 0. The molecule has 1 saturated carbocycles. The van der Waals surface area contributed by atoms with Gasteiger partial charge in [0, 0.05) is 0 Å². The molecule has 0 saturated heterocycles. The summed E-state index contributed by atoms with van der Waals surface area (Å²) in [6, 6.07) is 0. The summed E-state index contributed by atoms with van der Waals surface area (Å²) in [4.78, 5) is 0. The summed E-state index contributed by atoms with van der Waals surface area (Å²) in [6.45, 7) is 14.3. The molecule has 3 atom stereocenters. The molecule has 0 aromatic carbocycles. The maximum Gasteiger partial charge on any atom is -0.0301 e. The molecular formula is C12H24. The Morgan fingerprint density at radius 2 is 1.67 bits per heavy atom. The van der Waals surface area contributed by atoms with Crippen molar-refractivity contribution in [2.45, 2.75) is 48.0 Å². The van der Waals surface area contributed by atoms with Gasteiger partial charge in [-0.05, 0) is 29.1 Å². The highest BCUT2D eigenvalue weighted by Crippen LogP contribution is 2.60. The largest absolute Gasteiger partial charge is 0.0651 e. The van der Waals surface area contributed by atoms with Gasteiger partial charge in [0.15, 0.2) is 0 Å². The second kappa shape index (κ2) is 3.05. The lowest BCUT2D eigenvalue weighted by Gasteiger charge is -2.19. The van der Waals surface area contributed by atoms with Gasteiger partial charge in [-0.25, -0.2) is 0 Å². The first-order valence-electron chi connectivity index (χ1n) is 5.39. The van der Waals surface area contributed by atoms with Crippen LogP contribution >= 0.6 is 0 Å². The molecule has 0 nitrogen and oxygen atoms in total. The predicted molar refractivity (Wildman–Crippen MR) is 55.1 cm³/mol. The smallest absolute Gasteiger partial charge is 0.0301 e. The number of hydrogen-bond donors (Lipinski definition) is 0. The molecule has 1 aliphatic carbocycles. The molecule has 1 aliphatic rings. The van der Waals surface area contributed by atoms with Crippen LogP contribution in [0.5, 0.6) is 0 Å². The summed E-state index contributed by atoms with van der Waals surface area (Å²) < 4.78 is 0. The fourth-order valence-electron chi connectivity index (χ4n) is 3.06. The highest BCUT2D eigenvalue weighted by Gasteiger charge is 2.55. The SMILES string of the molecule is CCC1C(C(C)C)C1C(C)(C)C. The minimum atomic E-state index is 0.537. The molecular weight excluding hydrogens is 144 g/mol. The van der Waals surface area contributed by atoms with Crippen molar-refractivity contribution in [3.8, 4) is 0 Å². The van der Waals surface area contributed by atoms with E-state index in [0.29, 0.717) is 5.41 Å². The van der Waals surface area contributed by atoms with E-state index in [0.717, 1.165) is 23.7 Å². The third-order valence-electron chi connectivity index (χ3n) is 3.47. The molecule has 1 fully saturated rings. The minimum Gasteiger partial charge on any atom is -0.0651 e. The molecule has 0 radical (unpaired) electrons. The molecule has 0 heterocycles. The fourth-order valence-corrected chi connectivity index (χ4v) is 3.06. The first-order chi connectivity index (χ1) is 5.39. The Kier molecular flexibility index (Phi) is 2.56. The van der Waals surface area contributed by atoms with E-state index in [1.807, 2.05) is 0 Å². The average Bonchev–Trinajstić information content (AvgIpc) is 2.58. The van der Waals surface area contributed by atoms with Crippen LogP contribution < -0.4 is 0 Å². The van der Waals surface area contributed by atoms with Crippen molar-refractivity contribution < 1.29 is 0 Å². The van der Waals surface area contributed by atoms with E-state index in [1.165, 1.54) is 6.42 Å². The van der Waals surface area contributed by atoms with Crippen molar-refractivity contribution in [1.29, 1.82) is 0 Å². The van der Waals surface area contributed by atoms with Gasteiger partial charge < -0.3 is 0 Å². The Morgan fingerprint density at radius 3 is 1.75 bits per heavy atom. The molecule has 3 unspecified atom stereocenters. The van der Waals surface area contributed by atoms with E-state index < -0.39 is 0 Å². The quantitative estimate of drug-likeness (QED) is 0.585. The van der Waals surface area contributed by atoms with Gasteiger partial charge >= 0.3 is 0 Å². The van der Waals surface area contributed by atoms with E-state index in [9.17, 15) is 0 Å². The highest BCUT2D eigenvalue weighted by molar-refractivity contribution is 5.02. The molecule has 1 rings (SSSR count). The maximum absolute atomic E-state index is 2.39. The molecule has 12 heavy (non-hydrogen) atoms. The zero-order valence-electron chi connectivity index (χ0n) is 9.52. The average molecular weight is 168 g/mol. The van der Waals surface area contributed by atoms with Gasteiger partial charge in [-0.3, -0.25) is 0 Å². The van der Waals surface area contributed by atoms with Crippen molar-refractivity contribution in [3.63, 3.8) is 0 Å². The van der Waals surface area contributed by atoms with Crippen LogP contribution in [0.3, 0.4) is 0 Å². The van der Waals surface area contributed by atoms with Crippen LogP contribution in [0.15, 0.2) is 0 Å². The Balaban J connectivity index is 2.59. The molecule has 0 amide bonds. The Morgan fingerprint density at radius 1 is 1.17 bits per heavy atom. The molecule has 72 valence electrons. The van der Waals surface area contributed by atoms with E-state index in [1.54, 1.807) is 0 Å². The Hall–Kier alpha value is 0. The summed E-state index contributed by atoms with van der Waals surface area (Å²) >= 11 is 0. The summed E-state index contributed by atoms with van der Waals surface area (Å²) in [5.41, 5.74) is 0.537. The summed E-state index contributed by atoms with van der Waals surface area (Å²) in [5.74, 6) is 3.90. The van der Waals surface area contributed by atoms with Crippen molar-refractivity contribution in [2.75, 3.05) is 0 Å². The van der Waals surface area contributed by atoms with Gasteiger partial charge in [0.1, 0.15) is 0 Å². The van der Waals surface area contributed by atoms with E-state index in [4.69, 9.17) is 0 Å². The van der Waals surface area contributed by atoms with E-state index in [2.05, 4.69) is 41.5 Å². The van der Waals surface area contributed by atoms with Gasteiger partial charge in [-0.1, -0.05) is 48.0 Å². The molecule has 0 heteroatoms. The van der Waals surface area contributed by atoms with Crippen LogP contribution in [0, 0.1) is 29.1 Å². The second-order valence-electron chi connectivity index (χ2n) is 5.79. The van der Waals surface area contributed by atoms with Gasteiger partial charge in [-0.15, -0.1) is 0 Å². The van der Waals surface area contributed by atoms with Crippen LogP contribution in [0.4, 0.5) is 0 Å². The van der Waals surface area contributed by atoms with Crippen molar-refractivity contribution in [2.24, 2.45) is 29.1 Å². The number of rotatable bonds is 2. The van der Waals surface area contributed by atoms with Gasteiger partial charge in [0.2, 0.25) is 0 Å². The first kappa shape index (κ1) is 10.1. The van der Waals surface area contributed by atoms with Gasteiger partial charge in [0.05, 0.1) is 0 Å². The van der Waals surface area contributed by atoms with Crippen LogP contribution in [-0.2, 0) is 0 Å². The molecule has 0 aromatic rings. The molecule has 0 N–H and O–H groups in total. The Labute approximate surface area is 77.7 Å². The van der Waals surface area contributed by atoms with Crippen LogP contribution in [0.25, 0.3) is 0 Å². The van der Waals surface area contributed by atoms with Crippen LogP contribution in [0.2, 0.25) is 0 Å². The molecule has 0 aliphatic heterocycles. The summed E-state index contributed by atoms with van der Waals surface area (Å²) in [5, 5.41) is 0. The normalized spacial score (nSPS) is 35.8. The minimum absolute atomic E-state index is 0.537. The zero-order valence-corrected chi connectivity index (χ0v) is 9.52. The fraction of sp³-hybridized carbons (Fsp3) is 1.00. The van der Waals surface area contributed by atoms with Crippen molar-refractivity contribution in [1.82, 2.24) is 0 Å². The Bertz CT molecular complexity index is 150. The zero-order chi connectivity index (χ0) is 9.52. The third-order valence-corrected chi connectivity index (χ3v) is 3.47. The van der Waals surface area contributed by atoms with Crippen molar-refractivity contribution in [3.05, 3.63) is 0 Å². The maximum atomic E-state index is 2.39. The second-order valence-corrected chi connectivity index (χ2v) is 5.79. The lowest BCUT2D eigenvalue weighted by atomic mass is 9.86. The lowest BCUT2D eigenvalue weighted by molar-refractivity contribution is 0.302. The molecule has 0 aromatic heterocycles. The van der Waals surface area contributed by atoms with Crippen molar-refractivity contribution >= 4 is 0 Å². The highest BCUT2D eigenvalue weighted by atomic mass is 14.6. The van der Waals surface area contributed by atoms with E-state index in [-0.39, 0.29) is 0 Å². The molecule has 0 spiro atoms. The van der Waals surface area contributed by atoms with Gasteiger partial charge in [0.25, 0.3) is 0 Å².